The Kier molecular flexibility index (Phi) is 4.73. The van der Waals surface area contributed by atoms with E-state index >= 15 is 0 Å². The van der Waals surface area contributed by atoms with Crippen molar-refractivity contribution in [1.82, 2.24) is 0 Å². The van der Waals surface area contributed by atoms with Gasteiger partial charge in [0.15, 0.2) is 0 Å². The van der Waals surface area contributed by atoms with E-state index in [2.05, 4.69) is 44.3 Å². The Bertz CT molecular complexity index is 623. The minimum atomic E-state index is 0.122. The second-order valence-corrected chi connectivity index (χ2v) is 5.27. The van der Waals surface area contributed by atoms with Crippen molar-refractivity contribution in [3.05, 3.63) is 53.1 Å². The number of anilines is 1. The fourth-order valence-corrected chi connectivity index (χ4v) is 2.34. The molecule has 0 radical (unpaired) electrons. The summed E-state index contributed by atoms with van der Waals surface area (Å²) in [5, 5.41) is 3.52. The summed E-state index contributed by atoms with van der Waals surface area (Å²) < 4.78 is 10.8. The van der Waals surface area contributed by atoms with E-state index in [4.69, 9.17) is 9.47 Å². The molecule has 3 nitrogen and oxygen atoms in total. The molecule has 21 heavy (non-hydrogen) atoms. The predicted octanol–water partition coefficient (Wildman–Crippen LogP) is 4.49. The molecule has 0 saturated carbocycles. The van der Waals surface area contributed by atoms with Crippen LogP contribution in [0.15, 0.2) is 36.4 Å². The van der Waals surface area contributed by atoms with Crippen molar-refractivity contribution < 1.29 is 9.47 Å². The highest BCUT2D eigenvalue weighted by Gasteiger charge is 2.13. The maximum atomic E-state index is 5.45. The Balaban J connectivity index is 2.26. The van der Waals surface area contributed by atoms with Crippen molar-refractivity contribution in [2.45, 2.75) is 26.8 Å². The topological polar surface area (TPSA) is 30.5 Å². The molecule has 0 heterocycles. The Labute approximate surface area is 126 Å². The largest absolute Gasteiger partial charge is 0.497 e. The van der Waals surface area contributed by atoms with Gasteiger partial charge < -0.3 is 14.8 Å². The van der Waals surface area contributed by atoms with E-state index in [9.17, 15) is 0 Å². The number of aryl methyl sites for hydroxylation is 2. The second-order valence-electron chi connectivity index (χ2n) is 5.27. The molecule has 0 unspecified atom stereocenters. The minimum absolute atomic E-state index is 0.122. The molecule has 0 aliphatic rings. The number of nitrogens with one attached hydrogen (secondary N) is 1. The van der Waals surface area contributed by atoms with Crippen molar-refractivity contribution in [2.75, 3.05) is 19.5 Å². The monoisotopic (exact) mass is 285 g/mol. The molecule has 0 aromatic heterocycles. The van der Waals surface area contributed by atoms with Crippen molar-refractivity contribution >= 4 is 5.69 Å². The summed E-state index contributed by atoms with van der Waals surface area (Å²) in [6.07, 6.45) is 0. The third-order valence-electron chi connectivity index (χ3n) is 3.79. The highest BCUT2D eigenvalue weighted by molar-refractivity contribution is 5.52. The number of methoxy groups -OCH3 is 2. The lowest BCUT2D eigenvalue weighted by atomic mass is 10.0. The van der Waals surface area contributed by atoms with Crippen LogP contribution in [0.5, 0.6) is 11.5 Å². The van der Waals surface area contributed by atoms with Crippen LogP contribution in [0.25, 0.3) is 0 Å². The quantitative estimate of drug-likeness (QED) is 0.877. The molecule has 0 aliphatic carbocycles. The summed E-state index contributed by atoms with van der Waals surface area (Å²) in [5.41, 5.74) is 4.77. The Morgan fingerprint density at radius 1 is 0.905 bits per heavy atom. The lowest BCUT2D eigenvalue weighted by Crippen LogP contribution is -2.08. The summed E-state index contributed by atoms with van der Waals surface area (Å²) in [6, 6.07) is 12.4. The predicted molar refractivity (Wildman–Crippen MR) is 87.5 cm³/mol. The van der Waals surface area contributed by atoms with Gasteiger partial charge in [-0.3, -0.25) is 0 Å². The fraction of sp³-hybridized carbons (Fsp3) is 0.333. The van der Waals surface area contributed by atoms with Crippen LogP contribution >= 0.6 is 0 Å². The van der Waals surface area contributed by atoms with Crippen molar-refractivity contribution in [1.29, 1.82) is 0 Å². The summed E-state index contributed by atoms with van der Waals surface area (Å²) in [7, 11) is 3.36. The summed E-state index contributed by atoms with van der Waals surface area (Å²) >= 11 is 0. The summed E-state index contributed by atoms with van der Waals surface area (Å²) in [5.74, 6) is 1.69. The zero-order valence-electron chi connectivity index (χ0n) is 13.4. The molecule has 2 aromatic rings. The minimum Gasteiger partial charge on any atom is -0.497 e. The fourth-order valence-electron chi connectivity index (χ4n) is 2.34. The van der Waals surface area contributed by atoms with Gasteiger partial charge >= 0.3 is 0 Å². The first-order valence-electron chi connectivity index (χ1n) is 7.11. The maximum absolute atomic E-state index is 5.45. The van der Waals surface area contributed by atoms with Gasteiger partial charge in [-0.25, -0.2) is 0 Å². The molecule has 0 amide bonds. The standard InChI is InChI=1S/C18H23NO2/c1-12-6-7-15(10-13(12)2)19-14(3)17-11-16(20-4)8-9-18(17)21-5/h6-11,14,19H,1-5H3/t14-/m0/s1. The molecule has 3 heteroatoms. The molecule has 0 fully saturated rings. The molecule has 2 aromatic carbocycles. The molecule has 0 aliphatic heterocycles. The zero-order valence-corrected chi connectivity index (χ0v) is 13.4. The first kappa shape index (κ1) is 15.2. The average molecular weight is 285 g/mol. The van der Waals surface area contributed by atoms with E-state index in [1.54, 1.807) is 14.2 Å². The van der Waals surface area contributed by atoms with Gasteiger partial charge in [0.25, 0.3) is 0 Å². The smallest absolute Gasteiger partial charge is 0.124 e. The number of ether oxygens (including phenoxy) is 2. The van der Waals surface area contributed by atoms with Crippen LogP contribution in [0.4, 0.5) is 5.69 Å². The van der Waals surface area contributed by atoms with Crippen LogP contribution in [-0.4, -0.2) is 14.2 Å². The van der Waals surface area contributed by atoms with Crippen molar-refractivity contribution in [3.8, 4) is 11.5 Å². The van der Waals surface area contributed by atoms with Gasteiger partial charge in [0.05, 0.1) is 20.3 Å². The Morgan fingerprint density at radius 3 is 2.29 bits per heavy atom. The first-order valence-corrected chi connectivity index (χ1v) is 7.11. The van der Waals surface area contributed by atoms with E-state index < -0.39 is 0 Å². The molecule has 1 N–H and O–H groups in total. The van der Waals surface area contributed by atoms with E-state index in [0.29, 0.717) is 0 Å². The third kappa shape index (κ3) is 3.48. The van der Waals surface area contributed by atoms with E-state index in [1.807, 2.05) is 18.2 Å². The molecule has 1 atom stereocenters. The van der Waals surface area contributed by atoms with Gasteiger partial charge in [0, 0.05) is 11.3 Å². The highest BCUT2D eigenvalue weighted by Crippen LogP contribution is 2.31. The van der Waals surface area contributed by atoms with Crippen LogP contribution in [-0.2, 0) is 0 Å². The molecule has 2 rings (SSSR count). The molecule has 0 bridgehead atoms. The van der Waals surface area contributed by atoms with Gasteiger partial charge in [-0.05, 0) is 62.2 Å². The maximum Gasteiger partial charge on any atom is 0.124 e. The first-order chi connectivity index (χ1) is 10.0. The van der Waals surface area contributed by atoms with Crippen LogP contribution in [0, 0.1) is 13.8 Å². The van der Waals surface area contributed by atoms with Crippen molar-refractivity contribution in [3.63, 3.8) is 0 Å². The highest BCUT2D eigenvalue weighted by atomic mass is 16.5. The molecular weight excluding hydrogens is 262 g/mol. The van der Waals surface area contributed by atoms with Gasteiger partial charge in [0.2, 0.25) is 0 Å². The molecule has 112 valence electrons. The number of hydrogen-bond acceptors (Lipinski definition) is 3. The Morgan fingerprint density at radius 2 is 1.67 bits per heavy atom. The SMILES string of the molecule is COc1ccc(OC)c([C@H](C)Nc2ccc(C)c(C)c2)c1. The van der Waals surface area contributed by atoms with Crippen molar-refractivity contribution in [2.24, 2.45) is 0 Å². The zero-order chi connectivity index (χ0) is 15.4. The van der Waals surface area contributed by atoms with Gasteiger partial charge in [-0.2, -0.15) is 0 Å². The number of rotatable bonds is 5. The van der Waals surface area contributed by atoms with E-state index in [0.717, 1.165) is 22.7 Å². The number of benzene rings is 2. The van der Waals surface area contributed by atoms with Crippen LogP contribution in [0.3, 0.4) is 0 Å². The van der Waals surface area contributed by atoms with E-state index in [-0.39, 0.29) is 6.04 Å². The Hall–Kier alpha value is -2.16. The lowest BCUT2D eigenvalue weighted by Gasteiger charge is -2.20. The normalized spacial score (nSPS) is 11.9. The van der Waals surface area contributed by atoms with E-state index in [1.165, 1.54) is 11.1 Å². The second kappa shape index (κ2) is 6.53. The van der Waals surface area contributed by atoms with Gasteiger partial charge in [-0.15, -0.1) is 0 Å². The molecular formula is C18H23NO2. The van der Waals surface area contributed by atoms with Gasteiger partial charge in [-0.1, -0.05) is 6.07 Å². The summed E-state index contributed by atoms with van der Waals surface area (Å²) in [6.45, 7) is 6.36. The van der Waals surface area contributed by atoms with Gasteiger partial charge in [0.1, 0.15) is 11.5 Å². The molecule has 0 saturated heterocycles. The average Bonchev–Trinajstić information content (AvgIpc) is 2.50. The summed E-state index contributed by atoms with van der Waals surface area (Å²) in [4.78, 5) is 0. The van der Waals surface area contributed by atoms with Crippen LogP contribution < -0.4 is 14.8 Å². The molecule has 0 spiro atoms. The lowest BCUT2D eigenvalue weighted by molar-refractivity contribution is 0.397. The van der Waals surface area contributed by atoms with Crippen LogP contribution in [0.2, 0.25) is 0 Å². The third-order valence-corrected chi connectivity index (χ3v) is 3.79. The van der Waals surface area contributed by atoms with Crippen LogP contribution in [0.1, 0.15) is 29.7 Å². The number of hydrogen-bond donors (Lipinski definition) is 1.